The van der Waals surface area contributed by atoms with Gasteiger partial charge < -0.3 is 16.4 Å². The third-order valence-corrected chi connectivity index (χ3v) is 3.42. The van der Waals surface area contributed by atoms with Crippen LogP contribution in [-0.2, 0) is 4.79 Å². The normalized spacial score (nSPS) is 19.7. The van der Waals surface area contributed by atoms with Gasteiger partial charge in [0.05, 0.1) is 0 Å². The first kappa shape index (κ1) is 15.5. The Bertz CT molecular complexity index is 300. The van der Waals surface area contributed by atoms with Gasteiger partial charge in [0.2, 0.25) is 5.91 Å². The van der Waals surface area contributed by atoms with E-state index in [1.807, 2.05) is 0 Å². The van der Waals surface area contributed by atoms with Crippen LogP contribution in [-0.4, -0.2) is 31.5 Å². The SMILES string of the molecule is I.NC(=NCC1CCC1)NCCNC(=O)C1CC1. The van der Waals surface area contributed by atoms with Gasteiger partial charge in [0, 0.05) is 25.6 Å². The van der Waals surface area contributed by atoms with Gasteiger partial charge in [-0.15, -0.1) is 24.0 Å². The number of carbonyl (C=O) groups is 1. The molecule has 0 unspecified atom stereocenters. The van der Waals surface area contributed by atoms with Gasteiger partial charge in [0.1, 0.15) is 0 Å². The van der Waals surface area contributed by atoms with Crippen molar-refractivity contribution in [3.8, 4) is 0 Å². The lowest BCUT2D eigenvalue weighted by atomic mass is 9.86. The summed E-state index contributed by atoms with van der Waals surface area (Å²) in [5, 5.41) is 5.89. The molecule has 104 valence electrons. The topological polar surface area (TPSA) is 79.5 Å². The standard InChI is InChI=1S/C12H22N4O.HI/c13-12(16-8-9-2-1-3-9)15-7-6-14-11(17)10-4-5-10;/h9-10H,1-8H2,(H,14,17)(H3,13,15,16);1H. The second kappa shape index (κ2) is 7.81. The molecule has 0 bridgehead atoms. The number of aliphatic imine (C=N–C) groups is 1. The van der Waals surface area contributed by atoms with Crippen LogP contribution in [0.15, 0.2) is 4.99 Å². The lowest BCUT2D eigenvalue weighted by molar-refractivity contribution is -0.122. The Labute approximate surface area is 125 Å². The van der Waals surface area contributed by atoms with Gasteiger partial charge in [-0.25, -0.2) is 0 Å². The summed E-state index contributed by atoms with van der Waals surface area (Å²) in [5.74, 6) is 1.69. The van der Waals surface area contributed by atoms with Crippen molar-refractivity contribution < 1.29 is 4.79 Å². The van der Waals surface area contributed by atoms with Gasteiger partial charge in [-0.05, 0) is 31.6 Å². The van der Waals surface area contributed by atoms with Crippen LogP contribution in [0.1, 0.15) is 32.1 Å². The molecule has 0 heterocycles. The Morgan fingerprint density at radius 2 is 1.83 bits per heavy atom. The first-order valence-corrected chi connectivity index (χ1v) is 6.57. The molecule has 0 aromatic carbocycles. The van der Waals surface area contributed by atoms with Crippen LogP contribution < -0.4 is 16.4 Å². The number of nitrogens with zero attached hydrogens (tertiary/aromatic N) is 1. The van der Waals surface area contributed by atoms with Crippen molar-refractivity contribution >= 4 is 35.8 Å². The molecule has 0 spiro atoms. The predicted molar refractivity (Wildman–Crippen MR) is 83.0 cm³/mol. The predicted octanol–water partition coefficient (Wildman–Crippen LogP) is 0.835. The molecular formula is C12H23IN4O. The van der Waals surface area contributed by atoms with Gasteiger partial charge in [-0.2, -0.15) is 0 Å². The Kier molecular flexibility index (Phi) is 6.73. The fourth-order valence-electron chi connectivity index (χ4n) is 1.82. The van der Waals surface area contributed by atoms with E-state index in [2.05, 4.69) is 15.6 Å². The summed E-state index contributed by atoms with van der Waals surface area (Å²) in [6.07, 6.45) is 6.00. The maximum atomic E-state index is 11.3. The minimum Gasteiger partial charge on any atom is -0.370 e. The molecular weight excluding hydrogens is 343 g/mol. The van der Waals surface area contributed by atoms with E-state index in [1.165, 1.54) is 19.3 Å². The molecule has 2 aliphatic carbocycles. The van der Waals surface area contributed by atoms with E-state index in [-0.39, 0.29) is 35.8 Å². The number of nitrogens with two attached hydrogens (primary N) is 1. The van der Waals surface area contributed by atoms with E-state index >= 15 is 0 Å². The first-order valence-electron chi connectivity index (χ1n) is 6.57. The lowest BCUT2D eigenvalue weighted by Crippen LogP contribution is -2.39. The van der Waals surface area contributed by atoms with Crippen molar-refractivity contribution in [2.45, 2.75) is 32.1 Å². The summed E-state index contributed by atoms with van der Waals surface area (Å²) in [6, 6.07) is 0. The smallest absolute Gasteiger partial charge is 0.223 e. The van der Waals surface area contributed by atoms with Crippen LogP contribution in [0.5, 0.6) is 0 Å². The van der Waals surface area contributed by atoms with Crippen molar-refractivity contribution in [1.82, 2.24) is 10.6 Å². The maximum absolute atomic E-state index is 11.3. The molecule has 2 saturated carbocycles. The molecule has 4 N–H and O–H groups in total. The number of amides is 1. The molecule has 2 rings (SSSR count). The van der Waals surface area contributed by atoms with Crippen molar-refractivity contribution in [2.75, 3.05) is 19.6 Å². The summed E-state index contributed by atoms with van der Waals surface area (Å²) < 4.78 is 0. The molecule has 0 aromatic rings. The van der Waals surface area contributed by atoms with Gasteiger partial charge >= 0.3 is 0 Å². The van der Waals surface area contributed by atoms with E-state index < -0.39 is 0 Å². The van der Waals surface area contributed by atoms with Crippen LogP contribution in [0, 0.1) is 11.8 Å². The highest BCUT2D eigenvalue weighted by atomic mass is 127. The second-order valence-electron chi connectivity index (χ2n) is 5.01. The minimum absolute atomic E-state index is 0. The summed E-state index contributed by atoms with van der Waals surface area (Å²) in [7, 11) is 0. The van der Waals surface area contributed by atoms with E-state index in [0.29, 0.717) is 19.0 Å². The van der Waals surface area contributed by atoms with Crippen molar-refractivity contribution in [3.05, 3.63) is 0 Å². The van der Waals surface area contributed by atoms with Crippen LogP contribution in [0.25, 0.3) is 0 Å². The average molecular weight is 366 g/mol. The zero-order chi connectivity index (χ0) is 12.1. The van der Waals surface area contributed by atoms with Gasteiger partial charge in [0.25, 0.3) is 0 Å². The van der Waals surface area contributed by atoms with Crippen LogP contribution in [0.2, 0.25) is 0 Å². The minimum atomic E-state index is 0. The fourth-order valence-corrected chi connectivity index (χ4v) is 1.82. The number of nitrogens with one attached hydrogen (secondary N) is 2. The Morgan fingerprint density at radius 1 is 1.17 bits per heavy atom. The van der Waals surface area contributed by atoms with E-state index in [4.69, 9.17) is 5.73 Å². The highest BCUT2D eigenvalue weighted by Gasteiger charge is 2.28. The lowest BCUT2D eigenvalue weighted by Gasteiger charge is -2.23. The molecule has 18 heavy (non-hydrogen) atoms. The average Bonchev–Trinajstić information content (AvgIpc) is 3.05. The summed E-state index contributed by atoms with van der Waals surface area (Å²) in [5.41, 5.74) is 5.72. The molecule has 0 atom stereocenters. The second-order valence-corrected chi connectivity index (χ2v) is 5.01. The first-order chi connectivity index (χ1) is 8.25. The fraction of sp³-hybridized carbons (Fsp3) is 0.833. The van der Waals surface area contributed by atoms with Crippen molar-refractivity contribution in [1.29, 1.82) is 0 Å². The van der Waals surface area contributed by atoms with Crippen LogP contribution in [0.4, 0.5) is 0 Å². The quantitative estimate of drug-likeness (QED) is 0.282. The molecule has 0 saturated heterocycles. The number of rotatable bonds is 6. The number of halogens is 1. The Balaban J connectivity index is 0.00000162. The van der Waals surface area contributed by atoms with Crippen molar-refractivity contribution in [2.24, 2.45) is 22.6 Å². The molecule has 0 aromatic heterocycles. The highest BCUT2D eigenvalue weighted by Crippen LogP contribution is 2.28. The zero-order valence-corrected chi connectivity index (χ0v) is 13.0. The zero-order valence-electron chi connectivity index (χ0n) is 10.7. The van der Waals surface area contributed by atoms with Crippen LogP contribution in [0.3, 0.4) is 0 Å². The van der Waals surface area contributed by atoms with E-state index in [0.717, 1.165) is 25.3 Å². The molecule has 2 aliphatic rings. The Morgan fingerprint density at radius 3 is 2.39 bits per heavy atom. The van der Waals surface area contributed by atoms with E-state index in [1.54, 1.807) is 0 Å². The van der Waals surface area contributed by atoms with E-state index in [9.17, 15) is 4.79 Å². The molecule has 0 radical (unpaired) electrons. The monoisotopic (exact) mass is 366 g/mol. The summed E-state index contributed by atoms with van der Waals surface area (Å²) in [6.45, 7) is 2.11. The molecule has 6 heteroatoms. The van der Waals surface area contributed by atoms with Crippen LogP contribution >= 0.6 is 24.0 Å². The molecule has 5 nitrogen and oxygen atoms in total. The Hall–Kier alpha value is -0.530. The van der Waals surface area contributed by atoms with Crippen molar-refractivity contribution in [3.63, 3.8) is 0 Å². The molecule has 0 aliphatic heterocycles. The summed E-state index contributed by atoms with van der Waals surface area (Å²) >= 11 is 0. The number of hydrogen-bond donors (Lipinski definition) is 3. The third kappa shape index (κ3) is 5.41. The molecule has 1 amide bonds. The number of hydrogen-bond acceptors (Lipinski definition) is 2. The number of carbonyl (C=O) groups excluding carboxylic acids is 1. The highest BCUT2D eigenvalue weighted by molar-refractivity contribution is 14.0. The largest absolute Gasteiger partial charge is 0.370 e. The van der Waals surface area contributed by atoms with Gasteiger partial charge in [-0.3, -0.25) is 9.79 Å². The maximum Gasteiger partial charge on any atom is 0.223 e. The van der Waals surface area contributed by atoms with Gasteiger partial charge in [0.15, 0.2) is 5.96 Å². The summed E-state index contributed by atoms with van der Waals surface area (Å²) in [4.78, 5) is 15.6. The molecule has 2 fully saturated rings. The number of guanidine groups is 1. The third-order valence-electron chi connectivity index (χ3n) is 3.42. The van der Waals surface area contributed by atoms with Gasteiger partial charge in [-0.1, -0.05) is 6.42 Å².